The number of aromatic nitrogens is 2. The van der Waals surface area contributed by atoms with Gasteiger partial charge in [-0.3, -0.25) is 4.68 Å². The van der Waals surface area contributed by atoms with Crippen molar-refractivity contribution in [3.63, 3.8) is 0 Å². The van der Waals surface area contributed by atoms with Crippen molar-refractivity contribution < 1.29 is 17.9 Å². The van der Waals surface area contributed by atoms with Crippen LogP contribution in [0.5, 0.6) is 5.88 Å². The van der Waals surface area contributed by atoms with Crippen molar-refractivity contribution in [3.8, 4) is 5.88 Å². The average molecular weight is 458 g/mol. The fraction of sp³-hybridized carbons (Fsp3) is 0.583. The Morgan fingerprint density at radius 2 is 2.00 bits per heavy atom. The average Bonchev–Trinajstić information content (AvgIpc) is 3.32. The second-order valence-electron chi connectivity index (χ2n) is 10.6. The molecule has 2 heterocycles. The Kier molecular flexibility index (Phi) is 4.93. The minimum Gasteiger partial charge on any atom is -0.389 e. The molecular formula is C24H31N3O4S. The second kappa shape index (κ2) is 7.33. The van der Waals surface area contributed by atoms with Gasteiger partial charge in [0.05, 0.1) is 23.6 Å². The summed E-state index contributed by atoms with van der Waals surface area (Å²) in [5, 5.41) is 7.65. The summed E-state index contributed by atoms with van der Waals surface area (Å²) in [5.74, 6) is 0.653. The molecule has 1 aliphatic heterocycles. The van der Waals surface area contributed by atoms with Gasteiger partial charge in [-0.2, -0.15) is 0 Å². The van der Waals surface area contributed by atoms with Gasteiger partial charge in [-0.25, -0.2) is 13.2 Å². The molecule has 0 radical (unpaired) electrons. The van der Waals surface area contributed by atoms with Crippen molar-refractivity contribution in [1.82, 2.24) is 15.1 Å². The highest BCUT2D eigenvalue weighted by Crippen LogP contribution is 2.62. The second-order valence-corrected chi connectivity index (χ2v) is 12.8. The minimum absolute atomic E-state index is 0.00144. The highest BCUT2D eigenvalue weighted by atomic mass is 32.2. The first-order valence-electron chi connectivity index (χ1n) is 11.4. The van der Waals surface area contributed by atoms with Gasteiger partial charge in [0.15, 0.2) is 9.84 Å². The van der Waals surface area contributed by atoms with Gasteiger partial charge in [-0.15, -0.1) is 5.10 Å². The van der Waals surface area contributed by atoms with Crippen LogP contribution in [0.2, 0.25) is 0 Å². The van der Waals surface area contributed by atoms with Gasteiger partial charge in [0.2, 0.25) is 5.88 Å². The third-order valence-corrected chi connectivity index (χ3v) is 9.59. The minimum atomic E-state index is -3.24. The number of sulfone groups is 1. The highest BCUT2D eigenvalue weighted by Gasteiger charge is 2.60. The summed E-state index contributed by atoms with van der Waals surface area (Å²) in [7, 11) is -3.24. The van der Waals surface area contributed by atoms with Crippen LogP contribution < -0.4 is 10.1 Å². The zero-order valence-corrected chi connectivity index (χ0v) is 19.7. The summed E-state index contributed by atoms with van der Waals surface area (Å²) < 4.78 is 32.1. The monoisotopic (exact) mass is 457 g/mol. The first-order valence-corrected chi connectivity index (χ1v) is 13.2. The molecule has 2 bridgehead atoms. The molecule has 0 spiro atoms. The number of benzene rings is 1. The lowest BCUT2D eigenvalue weighted by atomic mass is 9.68. The molecule has 1 amide bonds. The van der Waals surface area contributed by atoms with Crippen molar-refractivity contribution in [2.45, 2.75) is 64.8 Å². The summed E-state index contributed by atoms with van der Waals surface area (Å²) in [6.07, 6.45) is 3.24. The predicted molar refractivity (Wildman–Crippen MR) is 121 cm³/mol. The van der Waals surface area contributed by atoms with Crippen molar-refractivity contribution >= 4 is 15.9 Å². The number of amides is 1. The summed E-state index contributed by atoms with van der Waals surface area (Å²) in [4.78, 5) is 13.0. The molecule has 172 valence electrons. The Morgan fingerprint density at radius 1 is 1.25 bits per heavy atom. The number of carbonyl (C=O) groups excluding carboxylic acids is 1. The van der Waals surface area contributed by atoms with E-state index in [1.54, 1.807) is 4.68 Å². The van der Waals surface area contributed by atoms with Crippen molar-refractivity contribution in [2.75, 3.05) is 5.75 Å². The third kappa shape index (κ3) is 3.62. The van der Waals surface area contributed by atoms with E-state index in [1.165, 1.54) is 6.42 Å². The highest BCUT2D eigenvalue weighted by molar-refractivity contribution is 7.90. The maximum Gasteiger partial charge on any atom is 0.414 e. The lowest BCUT2D eigenvalue weighted by Crippen LogP contribution is -2.53. The van der Waals surface area contributed by atoms with E-state index in [4.69, 9.17) is 4.74 Å². The molecule has 7 nitrogen and oxygen atoms in total. The third-order valence-electron chi connectivity index (χ3n) is 8.04. The van der Waals surface area contributed by atoms with Crippen LogP contribution in [0.1, 0.15) is 56.9 Å². The smallest absolute Gasteiger partial charge is 0.389 e. The number of nitrogens with zero attached hydrogens (tertiary/aromatic N) is 2. The molecule has 3 atom stereocenters. The summed E-state index contributed by atoms with van der Waals surface area (Å²) in [6.45, 7) is 7.19. The maximum atomic E-state index is 13.0. The number of nitrogens with one attached hydrogen (secondary N) is 1. The quantitative estimate of drug-likeness (QED) is 0.756. The standard InChI is InChI=1S/C24H31N3O4S/c1-23(2)17-9-11-24(3,13-17)21(23)25-22(28)31-20-18-15-32(29,30)12-10-19(18)27(26-20)14-16-7-5-4-6-8-16/h4-8,17,21H,9-15H2,1-3H3,(H,25,28). The van der Waals surface area contributed by atoms with Crippen LogP contribution in [0, 0.1) is 16.7 Å². The first-order chi connectivity index (χ1) is 15.1. The Bertz CT molecular complexity index is 1150. The van der Waals surface area contributed by atoms with E-state index in [9.17, 15) is 13.2 Å². The van der Waals surface area contributed by atoms with E-state index >= 15 is 0 Å². The topological polar surface area (TPSA) is 90.3 Å². The number of fused-ring (bicyclic) bond motifs is 3. The SMILES string of the molecule is CC12CCC(C1)C(C)(C)C2NC(=O)Oc1nn(Cc2ccccc2)c2c1CS(=O)(=O)CC2. The van der Waals surface area contributed by atoms with Crippen molar-refractivity contribution in [3.05, 3.63) is 47.2 Å². The molecule has 2 saturated carbocycles. The zero-order chi connectivity index (χ0) is 22.7. The lowest BCUT2D eigenvalue weighted by Gasteiger charge is -2.42. The van der Waals surface area contributed by atoms with Gasteiger partial charge >= 0.3 is 6.09 Å². The largest absolute Gasteiger partial charge is 0.414 e. The van der Waals surface area contributed by atoms with E-state index in [0.29, 0.717) is 24.4 Å². The number of hydrogen-bond donors (Lipinski definition) is 1. The van der Waals surface area contributed by atoms with E-state index in [0.717, 1.165) is 24.1 Å². The molecule has 1 aromatic carbocycles. The molecule has 1 aromatic heterocycles. The van der Waals surface area contributed by atoms with Crippen LogP contribution in [0.15, 0.2) is 30.3 Å². The molecule has 0 saturated heterocycles. The van der Waals surface area contributed by atoms with Crippen LogP contribution in [0.4, 0.5) is 4.79 Å². The van der Waals surface area contributed by atoms with E-state index in [-0.39, 0.29) is 34.3 Å². The molecule has 5 rings (SSSR count). The number of hydrogen-bond acceptors (Lipinski definition) is 5. The van der Waals surface area contributed by atoms with E-state index < -0.39 is 15.9 Å². The van der Waals surface area contributed by atoms with Crippen molar-refractivity contribution in [1.29, 1.82) is 0 Å². The molecule has 2 aliphatic carbocycles. The normalized spacial score (nSPS) is 29.5. The van der Waals surface area contributed by atoms with E-state index in [2.05, 4.69) is 31.2 Å². The van der Waals surface area contributed by atoms with E-state index in [1.807, 2.05) is 30.3 Å². The Labute approximate surface area is 189 Å². The number of rotatable bonds is 4. The van der Waals surface area contributed by atoms with Gasteiger partial charge in [0, 0.05) is 18.2 Å². The predicted octanol–water partition coefficient (Wildman–Crippen LogP) is 3.71. The van der Waals surface area contributed by atoms with Gasteiger partial charge in [-0.05, 0) is 41.6 Å². The molecule has 1 N–H and O–H groups in total. The molecule has 3 unspecified atom stereocenters. The van der Waals surface area contributed by atoms with Crippen LogP contribution in [0.25, 0.3) is 0 Å². The van der Waals surface area contributed by atoms with Crippen molar-refractivity contribution in [2.24, 2.45) is 16.7 Å². The molecule has 8 heteroatoms. The summed E-state index contributed by atoms with van der Waals surface area (Å²) >= 11 is 0. The molecule has 3 aliphatic rings. The summed E-state index contributed by atoms with van der Waals surface area (Å²) in [5.41, 5.74) is 2.47. The molecule has 2 fully saturated rings. The first kappa shape index (κ1) is 21.5. The van der Waals surface area contributed by atoms with Gasteiger partial charge in [-0.1, -0.05) is 51.1 Å². The maximum absolute atomic E-state index is 13.0. The zero-order valence-electron chi connectivity index (χ0n) is 18.9. The van der Waals surface area contributed by atoms with Crippen LogP contribution in [0.3, 0.4) is 0 Å². The van der Waals surface area contributed by atoms with Crippen LogP contribution in [-0.2, 0) is 28.6 Å². The molecule has 2 aromatic rings. The van der Waals surface area contributed by atoms with Gasteiger partial charge < -0.3 is 10.1 Å². The number of ether oxygens (including phenoxy) is 1. The Balaban J connectivity index is 1.40. The number of carbonyl (C=O) groups is 1. The Hall–Kier alpha value is -2.35. The Morgan fingerprint density at radius 3 is 2.69 bits per heavy atom. The fourth-order valence-electron chi connectivity index (χ4n) is 6.35. The summed E-state index contributed by atoms with van der Waals surface area (Å²) in [6, 6.07) is 9.88. The van der Waals surface area contributed by atoms with Gasteiger partial charge in [0.1, 0.15) is 0 Å². The van der Waals surface area contributed by atoms with Crippen LogP contribution in [-0.4, -0.2) is 36.1 Å². The fourth-order valence-corrected chi connectivity index (χ4v) is 7.72. The molecular weight excluding hydrogens is 426 g/mol. The van der Waals surface area contributed by atoms with Crippen LogP contribution >= 0.6 is 0 Å². The lowest BCUT2D eigenvalue weighted by molar-refractivity contribution is 0.103. The molecule has 32 heavy (non-hydrogen) atoms. The van der Waals surface area contributed by atoms with Gasteiger partial charge in [0.25, 0.3) is 0 Å².